The standard InChI is InChI=1S/C21H32BN3O4/c1-16(26)20-6-4-5-17-13-18(22(28)29-21(17)20)14-19(27)15-25-11-9-24(10-12-25)8-7-23(2)3/h4-6,18,28H,7-15H2,1-3H3/t18-/m1/s1. The molecule has 1 fully saturated rings. The summed E-state index contributed by atoms with van der Waals surface area (Å²) in [4.78, 5) is 31.2. The Morgan fingerprint density at radius 1 is 1.21 bits per heavy atom. The second-order valence-electron chi connectivity index (χ2n) is 8.49. The molecule has 0 aliphatic carbocycles. The number of benzene rings is 1. The number of nitrogens with zero attached hydrogens (tertiary/aromatic N) is 3. The van der Waals surface area contributed by atoms with Crippen molar-refractivity contribution in [3.63, 3.8) is 0 Å². The van der Waals surface area contributed by atoms with Crippen molar-refractivity contribution >= 4 is 18.7 Å². The molecule has 1 N–H and O–H groups in total. The number of rotatable bonds is 8. The number of carbonyl (C=O) groups is 2. The highest BCUT2D eigenvalue weighted by Crippen LogP contribution is 2.36. The second kappa shape index (κ2) is 9.85. The zero-order valence-corrected chi connectivity index (χ0v) is 17.8. The fraction of sp³-hybridized carbons (Fsp3) is 0.619. The van der Waals surface area contributed by atoms with E-state index in [-0.39, 0.29) is 23.8 Å². The normalized spacial score (nSPS) is 20.4. The highest BCUT2D eigenvalue weighted by Gasteiger charge is 2.37. The molecule has 1 saturated heterocycles. The monoisotopic (exact) mass is 401 g/mol. The lowest BCUT2D eigenvalue weighted by Gasteiger charge is -2.35. The predicted molar refractivity (Wildman–Crippen MR) is 114 cm³/mol. The molecular formula is C21H32BN3O4. The molecule has 1 aromatic carbocycles. The first-order valence-corrected chi connectivity index (χ1v) is 10.4. The van der Waals surface area contributed by atoms with Gasteiger partial charge in [0.1, 0.15) is 11.5 Å². The molecule has 3 rings (SSSR count). The average molecular weight is 401 g/mol. The van der Waals surface area contributed by atoms with Crippen molar-refractivity contribution in [3.8, 4) is 5.75 Å². The van der Waals surface area contributed by atoms with Crippen molar-refractivity contribution in [1.29, 1.82) is 0 Å². The number of ketones is 2. The molecule has 8 heteroatoms. The highest BCUT2D eigenvalue weighted by molar-refractivity contribution is 6.47. The average Bonchev–Trinajstić information content (AvgIpc) is 2.67. The van der Waals surface area contributed by atoms with Crippen LogP contribution in [0.25, 0.3) is 0 Å². The van der Waals surface area contributed by atoms with E-state index in [0.29, 0.717) is 24.3 Å². The van der Waals surface area contributed by atoms with Gasteiger partial charge in [-0.15, -0.1) is 0 Å². The van der Waals surface area contributed by atoms with Crippen molar-refractivity contribution in [2.45, 2.75) is 25.6 Å². The Labute approximate surface area is 173 Å². The van der Waals surface area contributed by atoms with Gasteiger partial charge in [-0.2, -0.15) is 0 Å². The number of hydrogen-bond donors (Lipinski definition) is 1. The van der Waals surface area contributed by atoms with Crippen molar-refractivity contribution in [2.75, 3.05) is 59.9 Å². The van der Waals surface area contributed by atoms with Crippen LogP contribution in [0.4, 0.5) is 0 Å². The van der Waals surface area contributed by atoms with E-state index in [2.05, 4.69) is 28.8 Å². The third-order valence-corrected chi connectivity index (χ3v) is 5.82. The van der Waals surface area contributed by atoms with Crippen LogP contribution in [0.2, 0.25) is 5.82 Å². The Bertz CT molecular complexity index is 735. The first-order chi connectivity index (χ1) is 13.8. The van der Waals surface area contributed by atoms with E-state index in [1.807, 2.05) is 12.1 Å². The summed E-state index contributed by atoms with van der Waals surface area (Å²) in [7, 11) is 3.10. The van der Waals surface area contributed by atoms with E-state index in [0.717, 1.165) is 44.8 Å². The molecule has 0 radical (unpaired) electrons. The molecule has 0 spiro atoms. The highest BCUT2D eigenvalue weighted by atomic mass is 16.5. The zero-order valence-electron chi connectivity index (χ0n) is 17.8. The van der Waals surface area contributed by atoms with E-state index < -0.39 is 7.12 Å². The molecule has 0 amide bonds. The summed E-state index contributed by atoms with van der Waals surface area (Å²) in [6.45, 7) is 7.77. The molecule has 0 bridgehead atoms. The van der Waals surface area contributed by atoms with Crippen LogP contribution in [0.3, 0.4) is 0 Å². The van der Waals surface area contributed by atoms with Crippen LogP contribution in [-0.4, -0.2) is 98.3 Å². The van der Waals surface area contributed by atoms with Crippen molar-refractivity contribution in [3.05, 3.63) is 29.3 Å². The minimum Gasteiger partial charge on any atom is -0.535 e. The van der Waals surface area contributed by atoms with Crippen molar-refractivity contribution in [2.24, 2.45) is 0 Å². The number of piperazine rings is 1. The largest absolute Gasteiger partial charge is 0.535 e. The maximum absolute atomic E-state index is 12.6. The molecule has 2 aliphatic rings. The van der Waals surface area contributed by atoms with Crippen LogP contribution in [0.1, 0.15) is 29.3 Å². The van der Waals surface area contributed by atoms with E-state index >= 15 is 0 Å². The molecule has 7 nitrogen and oxygen atoms in total. The Hall–Kier alpha value is -1.74. The quantitative estimate of drug-likeness (QED) is 0.511. The van der Waals surface area contributed by atoms with Crippen LogP contribution >= 0.6 is 0 Å². The number of hydrogen-bond acceptors (Lipinski definition) is 7. The number of para-hydroxylation sites is 1. The summed E-state index contributed by atoms with van der Waals surface area (Å²) in [5.41, 5.74) is 1.37. The van der Waals surface area contributed by atoms with Gasteiger partial charge in [0.15, 0.2) is 5.78 Å². The summed E-state index contributed by atoms with van der Waals surface area (Å²) in [5, 5.41) is 10.4. The van der Waals surface area contributed by atoms with Gasteiger partial charge in [0, 0.05) is 51.5 Å². The van der Waals surface area contributed by atoms with E-state index in [1.165, 1.54) is 6.92 Å². The lowest BCUT2D eigenvalue weighted by Crippen LogP contribution is -2.49. The van der Waals surface area contributed by atoms with Gasteiger partial charge in [0.25, 0.3) is 0 Å². The summed E-state index contributed by atoms with van der Waals surface area (Å²) >= 11 is 0. The molecular weight excluding hydrogens is 369 g/mol. The van der Waals surface area contributed by atoms with Crippen molar-refractivity contribution < 1.29 is 19.3 Å². The molecule has 2 aliphatic heterocycles. The molecule has 0 aromatic heterocycles. The van der Waals surface area contributed by atoms with Crippen LogP contribution < -0.4 is 4.65 Å². The number of fused-ring (bicyclic) bond motifs is 1. The Morgan fingerprint density at radius 2 is 1.90 bits per heavy atom. The maximum Gasteiger partial charge on any atom is 0.526 e. The minimum atomic E-state index is -1.06. The van der Waals surface area contributed by atoms with E-state index in [9.17, 15) is 14.6 Å². The van der Waals surface area contributed by atoms with Crippen LogP contribution in [0, 0.1) is 0 Å². The predicted octanol–water partition coefficient (Wildman–Crippen LogP) is 0.813. The molecule has 2 heterocycles. The summed E-state index contributed by atoms with van der Waals surface area (Å²) in [6.07, 6.45) is 0.827. The van der Waals surface area contributed by atoms with Crippen LogP contribution in [-0.2, 0) is 11.2 Å². The molecule has 29 heavy (non-hydrogen) atoms. The topological polar surface area (TPSA) is 73.3 Å². The van der Waals surface area contributed by atoms with Gasteiger partial charge in [-0.3, -0.25) is 19.4 Å². The summed E-state index contributed by atoms with van der Waals surface area (Å²) < 4.78 is 5.65. The fourth-order valence-electron chi connectivity index (χ4n) is 4.05. The van der Waals surface area contributed by atoms with Gasteiger partial charge < -0.3 is 14.6 Å². The Balaban J connectivity index is 1.49. The summed E-state index contributed by atoms with van der Waals surface area (Å²) in [5.74, 6) is 0.225. The molecule has 1 aromatic rings. The SMILES string of the molecule is CC(=O)c1cccc2c1OB(O)[C@@H](CC(=O)CN1CCN(CCN(C)C)CC1)C2. The first kappa shape index (κ1) is 22.0. The lowest BCUT2D eigenvalue weighted by atomic mass is 9.64. The summed E-state index contributed by atoms with van der Waals surface area (Å²) in [6, 6.07) is 5.43. The number of carbonyl (C=O) groups excluding carboxylic acids is 2. The first-order valence-electron chi connectivity index (χ1n) is 10.4. The minimum absolute atomic E-state index is 0.0895. The van der Waals surface area contributed by atoms with Gasteiger partial charge in [-0.25, -0.2) is 0 Å². The van der Waals surface area contributed by atoms with Crippen LogP contribution in [0.5, 0.6) is 5.75 Å². The molecule has 1 atom stereocenters. The fourth-order valence-corrected chi connectivity index (χ4v) is 4.05. The third-order valence-electron chi connectivity index (χ3n) is 5.82. The second-order valence-corrected chi connectivity index (χ2v) is 8.49. The van der Waals surface area contributed by atoms with Crippen LogP contribution in [0.15, 0.2) is 18.2 Å². The molecule has 158 valence electrons. The number of likely N-dealkylation sites (N-methyl/N-ethyl adjacent to an activating group) is 1. The van der Waals surface area contributed by atoms with E-state index in [1.54, 1.807) is 6.07 Å². The van der Waals surface area contributed by atoms with Crippen molar-refractivity contribution in [1.82, 2.24) is 14.7 Å². The van der Waals surface area contributed by atoms with Gasteiger partial charge in [-0.05, 0) is 39.1 Å². The Kier molecular flexibility index (Phi) is 7.46. The van der Waals surface area contributed by atoms with Gasteiger partial charge in [0.2, 0.25) is 0 Å². The third kappa shape index (κ3) is 5.88. The lowest BCUT2D eigenvalue weighted by molar-refractivity contribution is -0.120. The zero-order chi connectivity index (χ0) is 21.0. The molecule has 0 unspecified atom stereocenters. The van der Waals surface area contributed by atoms with Gasteiger partial charge >= 0.3 is 7.12 Å². The number of Topliss-reactive ketones (excluding diaryl/α,β-unsaturated/α-hetero) is 2. The van der Waals surface area contributed by atoms with Gasteiger partial charge in [0.05, 0.1) is 12.1 Å². The van der Waals surface area contributed by atoms with E-state index in [4.69, 9.17) is 4.65 Å². The smallest absolute Gasteiger partial charge is 0.526 e. The molecule has 0 saturated carbocycles. The maximum atomic E-state index is 12.6. The Morgan fingerprint density at radius 3 is 2.55 bits per heavy atom. The van der Waals surface area contributed by atoms with Gasteiger partial charge in [-0.1, -0.05) is 12.1 Å².